The molecule has 1 spiro atoms. The van der Waals surface area contributed by atoms with Crippen molar-refractivity contribution in [3.63, 3.8) is 0 Å². The molecule has 6 nitrogen and oxygen atoms in total. The van der Waals surface area contributed by atoms with Gasteiger partial charge in [-0.3, -0.25) is 9.59 Å². The molecular weight excluding hydrogens is 374 g/mol. The second-order valence-electron chi connectivity index (χ2n) is 7.54. The number of hydrogen-bond donors (Lipinski definition) is 1. The number of ether oxygens (including phenoxy) is 1. The van der Waals surface area contributed by atoms with Gasteiger partial charge in [0, 0.05) is 24.0 Å². The van der Waals surface area contributed by atoms with Crippen molar-refractivity contribution < 1.29 is 14.3 Å². The number of likely N-dealkylation sites (N-methyl/N-ethyl adjacent to an activating group) is 1. The van der Waals surface area contributed by atoms with Crippen molar-refractivity contribution in [2.45, 2.75) is 25.0 Å². The average molecular weight is 395 g/mol. The van der Waals surface area contributed by atoms with Crippen molar-refractivity contribution in [2.75, 3.05) is 18.4 Å². The van der Waals surface area contributed by atoms with Crippen molar-refractivity contribution in [3.05, 3.63) is 59.1 Å². The number of hydrogen-bond acceptors (Lipinski definition) is 5. The second kappa shape index (κ2) is 6.53. The summed E-state index contributed by atoms with van der Waals surface area (Å²) in [6.07, 6.45) is 6.14. The van der Waals surface area contributed by atoms with Crippen molar-refractivity contribution in [2.24, 2.45) is 11.8 Å². The first-order chi connectivity index (χ1) is 13.6. The van der Waals surface area contributed by atoms with Crippen LogP contribution in [0.2, 0.25) is 0 Å². The first-order valence-corrected chi connectivity index (χ1v) is 10.4. The molecule has 28 heavy (non-hydrogen) atoms. The minimum atomic E-state index is -0.638. The van der Waals surface area contributed by atoms with Gasteiger partial charge >= 0.3 is 0 Å². The number of benzene rings is 1. The number of nitrogens with zero attached hydrogens (tertiary/aromatic N) is 2. The molecule has 7 heteroatoms. The molecule has 2 bridgehead atoms. The molecule has 0 radical (unpaired) electrons. The molecule has 2 fully saturated rings. The van der Waals surface area contributed by atoms with Crippen LogP contribution in [-0.4, -0.2) is 46.5 Å². The van der Waals surface area contributed by atoms with E-state index in [2.05, 4.69) is 22.4 Å². The lowest BCUT2D eigenvalue weighted by atomic mass is 9.77. The van der Waals surface area contributed by atoms with Crippen LogP contribution in [0.5, 0.6) is 0 Å². The third kappa shape index (κ3) is 2.69. The zero-order valence-corrected chi connectivity index (χ0v) is 16.3. The van der Waals surface area contributed by atoms with Gasteiger partial charge in [0.05, 0.1) is 24.5 Å². The standard InChI is InChI=1S/C21H21N3O3S/c1-2-24-12-21-9-8-15(27-21)16(17(21)19(24)26)18(25)23-20-22-11-14(28-20)10-13-6-4-3-5-7-13/h3-9,11,15-17H,2,10,12H2,1H3,(H,22,23,25)/t15-,16+,17-,21-/m1/s1. The second-order valence-corrected chi connectivity index (χ2v) is 8.65. The van der Waals surface area contributed by atoms with Crippen LogP contribution in [0.1, 0.15) is 17.4 Å². The van der Waals surface area contributed by atoms with Crippen molar-refractivity contribution in [1.82, 2.24) is 9.88 Å². The van der Waals surface area contributed by atoms with E-state index in [1.807, 2.05) is 37.3 Å². The van der Waals surface area contributed by atoms with Crippen LogP contribution in [0.25, 0.3) is 0 Å². The zero-order chi connectivity index (χ0) is 19.3. The Bertz CT molecular complexity index is 957. The topological polar surface area (TPSA) is 71.5 Å². The van der Waals surface area contributed by atoms with Gasteiger partial charge in [0.2, 0.25) is 11.8 Å². The smallest absolute Gasteiger partial charge is 0.233 e. The van der Waals surface area contributed by atoms with Gasteiger partial charge < -0.3 is 15.0 Å². The molecule has 1 N–H and O–H groups in total. The summed E-state index contributed by atoms with van der Waals surface area (Å²) in [7, 11) is 0. The van der Waals surface area contributed by atoms with E-state index in [1.165, 1.54) is 16.9 Å². The van der Waals surface area contributed by atoms with Crippen LogP contribution in [0.15, 0.2) is 48.7 Å². The van der Waals surface area contributed by atoms with E-state index in [9.17, 15) is 9.59 Å². The highest BCUT2D eigenvalue weighted by Gasteiger charge is 2.66. The molecule has 3 aliphatic heterocycles. The number of rotatable bonds is 5. The number of carbonyl (C=O) groups excluding carboxylic acids is 2. The molecule has 4 heterocycles. The molecule has 1 aromatic carbocycles. The van der Waals surface area contributed by atoms with E-state index in [0.717, 1.165) is 11.3 Å². The van der Waals surface area contributed by atoms with Gasteiger partial charge in [0.1, 0.15) is 5.60 Å². The SMILES string of the molecule is CCN1C[C@@]23C=C[C@@H](O2)[C@H](C(=O)Nc2ncc(Cc4ccccc4)s2)[C@@H]3C1=O. The van der Waals surface area contributed by atoms with Crippen LogP contribution in [0.4, 0.5) is 5.13 Å². The first-order valence-electron chi connectivity index (χ1n) is 9.55. The molecule has 2 saturated heterocycles. The molecular formula is C21H21N3O3S. The van der Waals surface area contributed by atoms with E-state index in [-0.39, 0.29) is 17.9 Å². The van der Waals surface area contributed by atoms with Gasteiger partial charge in [-0.2, -0.15) is 0 Å². The Balaban J connectivity index is 1.31. The molecule has 1 aromatic heterocycles. The van der Waals surface area contributed by atoms with Crippen LogP contribution < -0.4 is 5.32 Å². The van der Waals surface area contributed by atoms with E-state index in [1.54, 1.807) is 11.1 Å². The number of fused-ring (bicyclic) bond motifs is 1. The lowest BCUT2D eigenvalue weighted by molar-refractivity contribution is -0.135. The maximum absolute atomic E-state index is 13.0. The number of aromatic nitrogens is 1. The van der Waals surface area contributed by atoms with Gasteiger partial charge in [-0.25, -0.2) is 4.98 Å². The highest BCUT2D eigenvalue weighted by molar-refractivity contribution is 7.15. The number of thiazole rings is 1. The number of carbonyl (C=O) groups is 2. The largest absolute Gasteiger partial charge is 0.360 e. The molecule has 4 atom stereocenters. The third-order valence-corrected chi connectivity index (χ3v) is 6.78. The Morgan fingerprint density at radius 3 is 3.00 bits per heavy atom. The summed E-state index contributed by atoms with van der Waals surface area (Å²) in [6, 6.07) is 10.2. The van der Waals surface area contributed by atoms with Crippen molar-refractivity contribution >= 4 is 28.3 Å². The Kier molecular flexibility index (Phi) is 4.10. The Labute approximate surface area is 167 Å². The van der Waals surface area contributed by atoms with E-state index in [4.69, 9.17) is 4.74 Å². The molecule has 5 rings (SSSR count). The molecule has 2 amide bonds. The van der Waals surface area contributed by atoms with E-state index < -0.39 is 17.4 Å². The van der Waals surface area contributed by atoms with E-state index in [0.29, 0.717) is 18.2 Å². The van der Waals surface area contributed by atoms with Gasteiger partial charge in [0.15, 0.2) is 5.13 Å². The zero-order valence-electron chi connectivity index (χ0n) is 15.5. The van der Waals surface area contributed by atoms with Gasteiger partial charge in [-0.05, 0) is 12.5 Å². The molecule has 0 unspecified atom stereocenters. The summed E-state index contributed by atoms with van der Waals surface area (Å²) in [6.45, 7) is 3.11. The lowest BCUT2D eigenvalue weighted by Gasteiger charge is -2.23. The predicted octanol–water partition coefficient (Wildman–Crippen LogP) is 2.47. The van der Waals surface area contributed by atoms with Crippen molar-refractivity contribution in [1.29, 1.82) is 0 Å². The minimum Gasteiger partial charge on any atom is -0.360 e. The van der Waals surface area contributed by atoms with E-state index >= 15 is 0 Å². The first kappa shape index (κ1) is 17.6. The van der Waals surface area contributed by atoms with Gasteiger partial charge in [-0.15, -0.1) is 11.3 Å². The summed E-state index contributed by atoms with van der Waals surface area (Å²) >= 11 is 1.47. The third-order valence-electron chi connectivity index (χ3n) is 5.87. The summed E-state index contributed by atoms with van der Waals surface area (Å²) in [5, 5.41) is 3.49. The Morgan fingerprint density at radius 1 is 1.39 bits per heavy atom. The quantitative estimate of drug-likeness (QED) is 0.790. The molecule has 3 aliphatic rings. The average Bonchev–Trinajstić information content (AvgIpc) is 3.44. The predicted molar refractivity (Wildman–Crippen MR) is 106 cm³/mol. The monoisotopic (exact) mass is 395 g/mol. The van der Waals surface area contributed by atoms with Crippen LogP contribution in [0.3, 0.4) is 0 Å². The number of likely N-dealkylation sites (tertiary alicyclic amines) is 1. The highest BCUT2D eigenvalue weighted by atomic mass is 32.1. The van der Waals surface area contributed by atoms with Crippen LogP contribution in [0, 0.1) is 11.8 Å². The maximum atomic E-state index is 13.0. The summed E-state index contributed by atoms with van der Waals surface area (Å²) in [4.78, 5) is 33.0. The highest BCUT2D eigenvalue weighted by Crippen LogP contribution is 2.52. The number of nitrogens with one attached hydrogen (secondary N) is 1. The summed E-state index contributed by atoms with van der Waals surface area (Å²) in [5.74, 6) is -1.12. The van der Waals surface area contributed by atoms with Crippen LogP contribution in [-0.2, 0) is 20.7 Å². The van der Waals surface area contributed by atoms with Crippen molar-refractivity contribution in [3.8, 4) is 0 Å². The Hall–Kier alpha value is -2.51. The molecule has 2 aromatic rings. The molecule has 144 valence electrons. The minimum absolute atomic E-state index is 0.0124. The Morgan fingerprint density at radius 2 is 2.21 bits per heavy atom. The summed E-state index contributed by atoms with van der Waals surface area (Å²) in [5.41, 5.74) is 0.565. The number of anilines is 1. The normalized spacial score (nSPS) is 30.1. The fourth-order valence-electron chi connectivity index (χ4n) is 4.58. The fraction of sp³-hybridized carbons (Fsp3) is 0.381. The van der Waals surface area contributed by atoms with Gasteiger partial charge in [0.25, 0.3) is 0 Å². The maximum Gasteiger partial charge on any atom is 0.233 e. The summed E-state index contributed by atoms with van der Waals surface area (Å²) < 4.78 is 6.09. The van der Waals surface area contributed by atoms with Gasteiger partial charge in [-0.1, -0.05) is 42.5 Å². The molecule has 0 aliphatic carbocycles. The van der Waals surface area contributed by atoms with Crippen LogP contribution >= 0.6 is 11.3 Å². The lowest BCUT2D eigenvalue weighted by Crippen LogP contribution is -2.41. The number of amides is 2. The fourth-order valence-corrected chi connectivity index (χ4v) is 5.43. The molecule has 0 saturated carbocycles.